The molecule has 0 atom stereocenters. The molecule has 2 nitrogen and oxygen atoms in total. The Kier molecular flexibility index (Phi) is 1.71. The molecule has 0 unspecified atom stereocenters. The van der Waals surface area contributed by atoms with Gasteiger partial charge in [-0.2, -0.15) is 0 Å². The smallest absolute Gasteiger partial charge is 0.124 e. The molecular weight excluding hydrogens is 124 g/mol. The van der Waals surface area contributed by atoms with E-state index in [4.69, 9.17) is 5.73 Å². The second-order valence-corrected chi connectivity index (χ2v) is 2.20. The highest BCUT2D eigenvalue weighted by Crippen LogP contribution is 2.06. The zero-order valence-corrected chi connectivity index (χ0v) is 5.96. The summed E-state index contributed by atoms with van der Waals surface area (Å²) in [5, 5.41) is 0. The van der Waals surface area contributed by atoms with Crippen molar-refractivity contribution in [3.05, 3.63) is 30.0 Å². The molecule has 2 heteroatoms. The third-order valence-electron chi connectivity index (χ3n) is 1.22. The van der Waals surface area contributed by atoms with Crippen LogP contribution in [0.2, 0.25) is 0 Å². The van der Waals surface area contributed by atoms with E-state index >= 15 is 0 Å². The molecule has 2 N–H and O–H groups in total. The summed E-state index contributed by atoms with van der Waals surface area (Å²) >= 11 is 0. The quantitative estimate of drug-likeness (QED) is 0.633. The average Bonchev–Trinajstić information content (AvgIpc) is 1.85. The summed E-state index contributed by atoms with van der Waals surface area (Å²) in [6.45, 7) is 5.57. The van der Waals surface area contributed by atoms with Crippen LogP contribution < -0.4 is 5.73 Å². The number of hydrogen-bond donors (Lipinski definition) is 1. The van der Waals surface area contributed by atoms with Gasteiger partial charge in [-0.25, -0.2) is 4.98 Å². The van der Waals surface area contributed by atoms with Gasteiger partial charge in [0.2, 0.25) is 0 Å². The van der Waals surface area contributed by atoms with E-state index in [2.05, 4.69) is 11.6 Å². The number of nitrogen functional groups attached to an aromatic ring is 1. The van der Waals surface area contributed by atoms with Crippen molar-refractivity contribution in [1.82, 2.24) is 4.98 Å². The average molecular weight is 134 g/mol. The first-order valence-corrected chi connectivity index (χ1v) is 3.09. The van der Waals surface area contributed by atoms with Crippen LogP contribution in [0.3, 0.4) is 0 Å². The van der Waals surface area contributed by atoms with E-state index in [0.29, 0.717) is 5.82 Å². The third kappa shape index (κ3) is 1.35. The summed E-state index contributed by atoms with van der Waals surface area (Å²) in [6.07, 6.45) is 1.68. The molecule has 10 heavy (non-hydrogen) atoms. The maximum absolute atomic E-state index is 5.48. The molecule has 0 fully saturated rings. The van der Waals surface area contributed by atoms with Gasteiger partial charge >= 0.3 is 0 Å². The van der Waals surface area contributed by atoms with Crippen molar-refractivity contribution in [1.29, 1.82) is 0 Å². The second kappa shape index (κ2) is 2.52. The van der Waals surface area contributed by atoms with Gasteiger partial charge in [0.1, 0.15) is 5.82 Å². The molecule has 1 rings (SSSR count). The first kappa shape index (κ1) is 6.81. The zero-order valence-electron chi connectivity index (χ0n) is 5.96. The van der Waals surface area contributed by atoms with Gasteiger partial charge in [0, 0.05) is 0 Å². The Morgan fingerprint density at radius 1 is 1.60 bits per heavy atom. The summed E-state index contributed by atoms with van der Waals surface area (Å²) < 4.78 is 0. The zero-order chi connectivity index (χ0) is 7.56. The van der Waals surface area contributed by atoms with Gasteiger partial charge in [-0.05, 0) is 30.7 Å². The lowest BCUT2D eigenvalue weighted by Gasteiger charge is -1.96. The van der Waals surface area contributed by atoms with Gasteiger partial charge in [-0.1, -0.05) is 6.58 Å². The minimum absolute atomic E-state index is 0.551. The van der Waals surface area contributed by atoms with Crippen molar-refractivity contribution in [3.63, 3.8) is 0 Å². The van der Waals surface area contributed by atoms with E-state index in [-0.39, 0.29) is 0 Å². The van der Waals surface area contributed by atoms with Gasteiger partial charge in [-0.15, -0.1) is 0 Å². The molecule has 1 aromatic heterocycles. The van der Waals surface area contributed by atoms with Gasteiger partial charge in [0.25, 0.3) is 0 Å². The minimum atomic E-state index is 0.551. The molecule has 52 valence electrons. The summed E-state index contributed by atoms with van der Waals surface area (Å²) in [5.74, 6) is 0.551. The van der Waals surface area contributed by atoms with E-state index in [9.17, 15) is 0 Å². The molecule has 0 aliphatic rings. The first-order valence-electron chi connectivity index (χ1n) is 3.09. The van der Waals surface area contributed by atoms with Crippen molar-refractivity contribution in [3.8, 4) is 0 Å². The number of aromatic nitrogens is 1. The largest absolute Gasteiger partial charge is 0.384 e. The van der Waals surface area contributed by atoms with E-state index in [1.807, 2.05) is 19.1 Å². The van der Waals surface area contributed by atoms with Crippen LogP contribution in [0, 0.1) is 6.92 Å². The third-order valence-corrected chi connectivity index (χ3v) is 1.22. The minimum Gasteiger partial charge on any atom is -0.384 e. The number of nitrogens with zero attached hydrogens (tertiary/aromatic N) is 1. The molecular formula is C8H10N2. The van der Waals surface area contributed by atoms with Crippen LogP contribution in [-0.4, -0.2) is 4.98 Å². The van der Waals surface area contributed by atoms with Crippen LogP contribution in [0.15, 0.2) is 18.7 Å². The van der Waals surface area contributed by atoms with Crippen LogP contribution >= 0.6 is 0 Å². The van der Waals surface area contributed by atoms with Crippen LogP contribution in [0.5, 0.6) is 0 Å². The number of anilines is 1. The van der Waals surface area contributed by atoms with Crippen molar-refractivity contribution >= 4 is 11.9 Å². The highest BCUT2D eigenvalue weighted by Gasteiger charge is 1.91. The molecule has 0 amide bonds. The summed E-state index contributed by atoms with van der Waals surface area (Å²) in [6, 6.07) is 3.76. The predicted molar refractivity (Wildman–Crippen MR) is 43.5 cm³/mol. The first-order chi connectivity index (χ1) is 4.72. The summed E-state index contributed by atoms with van der Waals surface area (Å²) in [5.41, 5.74) is 7.42. The highest BCUT2D eigenvalue weighted by molar-refractivity contribution is 5.47. The Morgan fingerprint density at radius 3 is 2.80 bits per heavy atom. The van der Waals surface area contributed by atoms with Crippen LogP contribution in [-0.2, 0) is 0 Å². The molecule has 1 aromatic rings. The van der Waals surface area contributed by atoms with Gasteiger partial charge in [-0.3, -0.25) is 0 Å². The van der Waals surface area contributed by atoms with Crippen molar-refractivity contribution in [2.45, 2.75) is 6.92 Å². The van der Waals surface area contributed by atoms with Gasteiger partial charge in [0.05, 0.1) is 5.69 Å². The molecule has 0 saturated carbocycles. The fourth-order valence-corrected chi connectivity index (χ4v) is 0.826. The van der Waals surface area contributed by atoms with E-state index < -0.39 is 0 Å². The Bertz CT molecular complexity index is 233. The number of hydrogen-bond acceptors (Lipinski definition) is 2. The summed E-state index contributed by atoms with van der Waals surface area (Å²) in [4.78, 5) is 4.01. The maximum atomic E-state index is 5.48. The van der Waals surface area contributed by atoms with Crippen molar-refractivity contribution < 1.29 is 0 Å². The second-order valence-electron chi connectivity index (χ2n) is 2.20. The molecule has 0 aliphatic carbocycles. The number of rotatable bonds is 1. The SMILES string of the molecule is C=Cc1cc(C)cc(N)n1. The van der Waals surface area contributed by atoms with Crippen LogP contribution in [0.25, 0.3) is 6.08 Å². The van der Waals surface area contributed by atoms with Gasteiger partial charge < -0.3 is 5.73 Å². The lowest BCUT2D eigenvalue weighted by molar-refractivity contribution is 1.27. The summed E-state index contributed by atoms with van der Waals surface area (Å²) in [7, 11) is 0. The maximum Gasteiger partial charge on any atom is 0.124 e. The van der Waals surface area contributed by atoms with Gasteiger partial charge in [0.15, 0.2) is 0 Å². The van der Waals surface area contributed by atoms with Crippen molar-refractivity contribution in [2.75, 3.05) is 5.73 Å². The Labute approximate surface area is 60.4 Å². The number of aryl methyl sites for hydroxylation is 1. The lowest BCUT2D eigenvalue weighted by Crippen LogP contribution is -1.92. The Morgan fingerprint density at radius 2 is 2.30 bits per heavy atom. The standard InChI is InChI=1S/C8H10N2/c1-3-7-4-6(2)5-8(9)10-7/h3-5H,1H2,2H3,(H2,9,10). The van der Waals surface area contributed by atoms with E-state index in [1.165, 1.54) is 0 Å². The number of pyridine rings is 1. The lowest BCUT2D eigenvalue weighted by atomic mass is 10.2. The normalized spacial score (nSPS) is 9.30. The molecule has 0 aliphatic heterocycles. The predicted octanol–water partition coefficient (Wildman–Crippen LogP) is 1.62. The molecule has 1 heterocycles. The van der Waals surface area contributed by atoms with E-state index in [0.717, 1.165) is 11.3 Å². The van der Waals surface area contributed by atoms with Crippen molar-refractivity contribution in [2.24, 2.45) is 0 Å². The fourth-order valence-electron chi connectivity index (χ4n) is 0.826. The molecule has 0 spiro atoms. The molecule has 0 saturated heterocycles. The fraction of sp³-hybridized carbons (Fsp3) is 0.125. The monoisotopic (exact) mass is 134 g/mol. The van der Waals surface area contributed by atoms with E-state index in [1.54, 1.807) is 6.08 Å². The molecule has 0 radical (unpaired) electrons. The van der Waals surface area contributed by atoms with Crippen LogP contribution in [0.4, 0.5) is 5.82 Å². The Hall–Kier alpha value is -1.31. The molecule has 0 aromatic carbocycles. The topological polar surface area (TPSA) is 38.9 Å². The molecule has 0 bridgehead atoms. The Balaban J connectivity index is 3.18. The van der Waals surface area contributed by atoms with Crippen LogP contribution in [0.1, 0.15) is 11.3 Å². The highest BCUT2D eigenvalue weighted by atomic mass is 14.8. The number of nitrogens with two attached hydrogens (primary N) is 1.